The average molecular weight is 245 g/mol. The molecule has 0 aliphatic heterocycles. The van der Waals surface area contributed by atoms with Gasteiger partial charge in [0.05, 0.1) is 23.0 Å². The highest BCUT2D eigenvalue weighted by molar-refractivity contribution is 5.68. The van der Waals surface area contributed by atoms with E-state index in [2.05, 4.69) is 18.3 Å². The molecule has 0 aromatic heterocycles. The summed E-state index contributed by atoms with van der Waals surface area (Å²) in [5, 5.41) is 12.1. The molecule has 0 saturated carbocycles. The highest BCUT2D eigenvalue weighted by Crippen LogP contribution is 2.19. The molecule has 3 nitrogen and oxygen atoms in total. The summed E-state index contributed by atoms with van der Waals surface area (Å²) in [6, 6.07) is 7.46. The first kappa shape index (κ1) is 14.4. The lowest BCUT2D eigenvalue weighted by molar-refractivity contribution is 0.617. The predicted octanol–water partition coefficient (Wildman–Crippen LogP) is 3.91. The monoisotopic (exact) mass is 245 g/mol. The van der Waals surface area contributed by atoms with E-state index in [1.165, 1.54) is 32.1 Å². The third-order valence-electron chi connectivity index (χ3n) is 3.03. The van der Waals surface area contributed by atoms with E-state index in [0.717, 1.165) is 18.7 Å². The maximum atomic E-state index is 8.83. The Labute approximate surface area is 110 Å². The minimum atomic E-state index is 0.648. The molecule has 98 valence electrons. The fourth-order valence-electron chi connectivity index (χ4n) is 1.91. The van der Waals surface area contributed by atoms with E-state index in [1.807, 2.05) is 6.07 Å². The predicted molar refractivity (Wildman–Crippen MR) is 77.4 cm³/mol. The Bertz CT molecular complexity index is 393. The molecule has 0 spiro atoms. The number of nitrogens with zero attached hydrogens (tertiary/aromatic N) is 1. The Morgan fingerprint density at radius 1 is 1.17 bits per heavy atom. The number of nitriles is 1. The zero-order valence-corrected chi connectivity index (χ0v) is 11.2. The third-order valence-corrected chi connectivity index (χ3v) is 3.03. The van der Waals surface area contributed by atoms with Crippen molar-refractivity contribution in [1.82, 2.24) is 0 Å². The molecule has 0 unspecified atom stereocenters. The standard InChI is InChI=1S/C15H23N3/c1-2-3-4-5-6-7-10-18-15-11-13(12-16)8-9-14(15)17/h8-9,11,18H,2-7,10,17H2,1H3. The molecule has 0 aliphatic carbocycles. The van der Waals surface area contributed by atoms with Crippen LogP contribution < -0.4 is 11.1 Å². The summed E-state index contributed by atoms with van der Waals surface area (Å²) in [5.41, 5.74) is 8.09. The number of rotatable bonds is 8. The number of nitrogen functional groups attached to an aromatic ring is 1. The van der Waals surface area contributed by atoms with Crippen LogP contribution in [0.25, 0.3) is 0 Å². The maximum Gasteiger partial charge on any atom is 0.0992 e. The Kier molecular flexibility index (Phi) is 6.71. The fraction of sp³-hybridized carbons (Fsp3) is 0.533. The molecule has 0 aliphatic rings. The van der Waals surface area contributed by atoms with Crippen molar-refractivity contribution in [3.8, 4) is 6.07 Å². The van der Waals surface area contributed by atoms with E-state index in [1.54, 1.807) is 12.1 Å². The average Bonchev–Trinajstić information content (AvgIpc) is 2.39. The van der Waals surface area contributed by atoms with E-state index in [-0.39, 0.29) is 0 Å². The normalized spacial score (nSPS) is 10.0. The second kappa shape index (κ2) is 8.41. The molecule has 0 amide bonds. The van der Waals surface area contributed by atoms with Gasteiger partial charge in [0.2, 0.25) is 0 Å². The van der Waals surface area contributed by atoms with Gasteiger partial charge >= 0.3 is 0 Å². The first-order chi connectivity index (χ1) is 8.77. The van der Waals surface area contributed by atoms with Gasteiger partial charge in [-0.25, -0.2) is 0 Å². The fourth-order valence-corrected chi connectivity index (χ4v) is 1.91. The molecule has 0 saturated heterocycles. The topological polar surface area (TPSA) is 61.8 Å². The van der Waals surface area contributed by atoms with Crippen LogP contribution in [0.5, 0.6) is 0 Å². The van der Waals surface area contributed by atoms with Crippen molar-refractivity contribution in [2.24, 2.45) is 0 Å². The lowest BCUT2D eigenvalue weighted by atomic mass is 10.1. The third kappa shape index (κ3) is 5.09. The second-order valence-electron chi connectivity index (χ2n) is 4.61. The molecular weight excluding hydrogens is 222 g/mol. The van der Waals surface area contributed by atoms with Crippen molar-refractivity contribution in [2.75, 3.05) is 17.6 Å². The molecule has 3 N–H and O–H groups in total. The number of anilines is 2. The lowest BCUT2D eigenvalue weighted by Crippen LogP contribution is -2.04. The summed E-state index contributed by atoms with van der Waals surface area (Å²) < 4.78 is 0. The number of unbranched alkanes of at least 4 members (excludes halogenated alkanes) is 5. The van der Waals surface area contributed by atoms with Crippen LogP contribution in [0.15, 0.2) is 18.2 Å². The molecule has 0 fully saturated rings. The molecule has 1 aromatic carbocycles. The molecule has 18 heavy (non-hydrogen) atoms. The Morgan fingerprint density at radius 2 is 1.89 bits per heavy atom. The number of benzene rings is 1. The molecule has 3 heteroatoms. The van der Waals surface area contributed by atoms with Crippen molar-refractivity contribution < 1.29 is 0 Å². The molecule has 1 aromatic rings. The molecule has 1 rings (SSSR count). The number of nitrogens with two attached hydrogens (primary N) is 1. The van der Waals surface area contributed by atoms with Crippen molar-refractivity contribution >= 4 is 11.4 Å². The van der Waals surface area contributed by atoms with Gasteiger partial charge in [0, 0.05) is 6.54 Å². The summed E-state index contributed by atoms with van der Waals surface area (Å²) in [5.74, 6) is 0. The minimum absolute atomic E-state index is 0.648. The van der Waals surface area contributed by atoms with Gasteiger partial charge in [0.15, 0.2) is 0 Å². The molecule has 0 radical (unpaired) electrons. The highest BCUT2D eigenvalue weighted by atomic mass is 14.9. The van der Waals surface area contributed by atoms with E-state index >= 15 is 0 Å². The molecule has 0 atom stereocenters. The summed E-state index contributed by atoms with van der Waals surface area (Å²) in [7, 11) is 0. The van der Waals surface area contributed by atoms with Crippen LogP contribution in [0.3, 0.4) is 0 Å². The number of nitrogens with one attached hydrogen (secondary N) is 1. The summed E-state index contributed by atoms with van der Waals surface area (Å²) >= 11 is 0. The lowest BCUT2D eigenvalue weighted by Gasteiger charge is -2.09. The van der Waals surface area contributed by atoms with Crippen molar-refractivity contribution in [2.45, 2.75) is 45.4 Å². The van der Waals surface area contributed by atoms with Gasteiger partial charge in [0.1, 0.15) is 0 Å². The Morgan fingerprint density at radius 3 is 2.61 bits per heavy atom. The van der Waals surface area contributed by atoms with Gasteiger partial charge in [0.25, 0.3) is 0 Å². The zero-order chi connectivity index (χ0) is 13.2. The van der Waals surface area contributed by atoms with Crippen LogP contribution in [0.4, 0.5) is 11.4 Å². The van der Waals surface area contributed by atoms with Crippen LogP contribution in [0.2, 0.25) is 0 Å². The maximum absolute atomic E-state index is 8.83. The quantitative estimate of drug-likeness (QED) is 0.539. The molecular formula is C15H23N3. The SMILES string of the molecule is CCCCCCCCNc1cc(C#N)ccc1N. The van der Waals surface area contributed by atoms with Gasteiger partial charge in [-0.05, 0) is 24.6 Å². The van der Waals surface area contributed by atoms with Crippen LogP contribution in [0, 0.1) is 11.3 Å². The van der Waals surface area contributed by atoms with Crippen molar-refractivity contribution in [1.29, 1.82) is 5.26 Å². The van der Waals surface area contributed by atoms with Gasteiger partial charge in [-0.2, -0.15) is 5.26 Å². The number of hydrogen-bond acceptors (Lipinski definition) is 3. The van der Waals surface area contributed by atoms with E-state index < -0.39 is 0 Å². The van der Waals surface area contributed by atoms with Crippen LogP contribution in [-0.4, -0.2) is 6.54 Å². The minimum Gasteiger partial charge on any atom is -0.397 e. The molecule has 0 bridgehead atoms. The zero-order valence-electron chi connectivity index (χ0n) is 11.2. The summed E-state index contributed by atoms with van der Waals surface area (Å²) in [6.45, 7) is 3.15. The Balaban J connectivity index is 2.25. The molecule has 0 heterocycles. The van der Waals surface area contributed by atoms with Crippen LogP contribution in [0.1, 0.15) is 51.0 Å². The van der Waals surface area contributed by atoms with E-state index in [0.29, 0.717) is 11.3 Å². The van der Waals surface area contributed by atoms with Gasteiger partial charge in [-0.3, -0.25) is 0 Å². The first-order valence-corrected chi connectivity index (χ1v) is 6.81. The smallest absolute Gasteiger partial charge is 0.0992 e. The van der Waals surface area contributed by atoms with Crippen molar-refractivity contribution in [3.63, 3.8) is 0 Å². The van der Waals surface area contributed by atoms with E-state index in [4.69, 9.17) is 11.0 Å². The summed E-state index contributed by atoms with van der Waals surface area (Å²) in [4.78, 5) is 0. The number of hydrogen-bond donors (Lipinski definition) is 2. The Hall–Kier alpha value is -1.69. The van der Waals surface area contributed by atoms with Gasteiger partial charge in [-0.1, -0.05) is 39.0 Å². The van der Waals surface area contributed by atoms with Crippen LogP contribution >= 0.6 is 0 Å². The van der Waals surface area contributed by atoms with Crippen molar-refractivity contribution in [3.05, 3.63) is 23.8 Å². The first-order valence-electron chi connectivity index (χ1n) is 6.81. The van der Waals surface area contributed by atoms with Gasteiger partial charge < -0.3 is 11.1 Å². The van der Waals surface area contributed by atoms with Gasteiger partial charge in [-0.15, -0.1) is 0 Å². The summed E-state index contributed by atoms with van der Waals surface area (Å²) in [6.07, 6.45) is 7.68. The second-order valence-corrected chi connectivity index (χ2v) is 4.61. The largest absolute Gasteiger partial charge is 0.397 e. The highest BCUT2D eigenvalue weighted by Gasteiger charge is 2.00. The van der Waals surface area contributed by atoms with Crippen LogP contribution in [-0.2, 0) is 0 Å². The van der Waals surface area contributed by atoms with E-state index in [9.17, 15) is 0 Å².